The van der Waals surface area contributed by atoms with Crippen molar-refractivity contribution in [1.82, 2.24) is 10.2 Å². The molecule has 108 valence electrons. The second-order valence-electron chi connectivity index (χ2n) is 4.82. The number of methoxy groups -OCH3 is 1. The van der Waals surface area contributed by atoms with Gasteiger partial charge in [0.2, 0.25) is 0 Å². The molecule has 0 aromatic carbocycles. The van der Waals surface area contributed by atoms with Gasteiger partial charge in [0.1, 0.15) is 0 Å². The highest BCUT2D eigenvalue weighted by molar-refractivity contribution is 5.86. The summed E-state index contributed by atoms with van der Waals surface area (Å²) in [6.07, 6.45) is 2.01. The first-order valence-electron chi connectivity index (χ1n) is 6.49. The quantitative estimate of drug-likeness (QED) is 0.820. The van der Waals surface area contributed by atoms with Crippen molar-refractivity contribution in [2.75, 3.05) is 25.1 Å². The van der Waals surface area contributed by atoms with Gasteiger partial charge in [-0.2, -0.15) is 0 Å². The fourth-order valence-corrected chi connectivity index (χ4v) is 2.39. The molecule has 1 N–H and O–H groups in total. The number of rotatable bonds is 4. The first-order valence-corrected chi connectivity index (χ1v) is 6.49. The van der Waals surface area contributed by atoms with Crippen LogP contribution in [-0.4, -0.2) is 47.4 Å². The SMILES string of the molecule is COC(=O)c1ccc(N2CCCC(CC(=O)O)C2)nn1. The van der Waals surface area contributed by atoms with Crippen LogP contribution in [-0.2, 0) is 9.53 Å². The normalized spacial score (nSPS) is 18.6. The zero-order chi connectivity index (χ0) is 14.5. The van der Waals surface area contributed by atoms with E-state index in [9.17, 15) is 9.59 Å². The number of nitrogens with zero attached hydrogens (tertiary/aromatic N) is 3. The van der Waals surface area contributed by atoms with E-state index in [4.69, 9.17) is 5.11 Å². The third-order valence-electron chi connectivity index (χ3n) is 3.35. The summed E-state index contributed by atoms with van der Waals surface area (Å²) in [6.45, 7) is 1.47. The van der Waals surface area contributed by atoms with Crippen LogP contribution in [0.15, 0.2) is 12.1 Å². The summed E-state index contributed by atoms with van der Waals surface area (Å²) in [6, 6.07) is 3.28. The van der Waals surface area contributed by atoms with E-state index in [0.717, 1.165) is 19.4 Å². The number of aliphatic carboxylic acids is 1. The largest absolute Gasteiger partial charge is 0.481 e. The topological polar surface area (TPSA) is 92.6 Å². The van der Waals surface area contributed by atoms with Gasteiger partial charge in [0, 0.05) is 19.5 Å². The van der Waals surface area contributed by atoms with E-state index < -0.39 is 11.9 Å². The van der Waals surface area contributed by atoms with E-state index in [1.807, 2.05) is 4.90 Å². The number of carbonyl (C=O) groups is 2. The molecule has 1 aromatic rings. The summed E-state index contributed by atoms with van der Waals surface area (Å²) in [5.74, 6) is -0.508. The summed E-state index contributed by atoms with van der Waals surface area (Å²) in [7, 11) is 1.29. The summed E-state index contributed by atoms with van der Waals surface area (Å²) >= 11 is 0. The molecule has 7 heteroatoms. The van der Waals surface area contributed by atoms with Gasteiger partial charge >= 0.3 is 11.9 Å². The number of piperidine rings is 1. The number of ether oxygens (including phenoxy) is 1. The van der Waals surface area contributed by atoms with Crippen molar-refractivity contribution in [3.8, 4) is 0 Å². The van der Waals surface area contributed by atoms with E-state index in [1.54, 1.807) is 12.1 Å². The molecule has 7 nitrogen and oxygen atoms in total. The first-order chi connectivity index (χ1) is 9.60. The molecule has 1 atom stereocenters. The van der Waals surface area contributed by atoms with Crippen LogP contribution in [0.3, 0.4) is 0 Å². The minimum Gasteiger partial charge on any atom is -0.481 e. The van der Waals surface area contributed by atoms with E-state index in [-0.39, 0.29) is 18.0 Å². The number of carboxylic acid groups (broad SMARTS) is 1. The molecule has 1 saturated heterocycles. The van der Waals surface area contributed by atoms with Crippen molar-refractivity contribution in [2.45, 2.75) is 19.3 Å². The average Bonchev–Trinajstić information content (AvgIpc) is 2.46. The average molecular weight is 279 g/mol. The van der Waals surface area contributed by atoms with Crippen molar-refractivity contribution in [3.05, 3.63) is 17.8 Å². The fourth-order valence-electron chi connectivity index (χ4n) is 2.39. The number of hydrogen-bond donors (Lipinski definition) is 1. The third kappa shape index (κ3) is 3.43. The summed E-state index contributed by atoms with van der Waals surface area (Å²) in [5.41, 5.74) is 0.162. The van der Waals surface area contributed by atoms with Crippen molar-refractivity contribution in [3.63, 3.8) is 0 Å². The Morgan fingerprint density at radius 1 is 1.45 bits per heavy atom. The Morgan fingerprint density at radius 3 is 2.85 bits per heavy atom. The maximum atomic E-state index is 11.3. The predicted octanol–water partition coefficient (Wildman–Crippen LogP) is 0.954. The maximum absolute atomic E-state index is 11.3. The van der Waals surface area contributed by atoms with Gasteiger partial charge in [-0.1, -0.05) is 0 Å². The van der Waals surface area contributed by atoms with Gasteiger partial charge in [-0.15, -0.1) is 10.2 Å². The highest BCUT2D eigenvalue weighted by Crippen LogP contribution is 2.23. The molecule has 1 aliphatic rings. The molecule has 0 bridgehead atoms. The molecule has 0 radical (unpaired) electrons. The molecular formula is C13H17N3O4. The highest BCUT2D eigenvalue weighted by Gasteiger charge is 2.23. The van der Waals surface area contributed by atoms with Crippen molar-refractivity contribution in [1.29, 1.82) is 0 Å². The predicted molar refractivity (Wildman–Crippen MR) is 70.6 cm³/mol. The minimum atomic E-state index is -0.774. The zero-order valence-corrected chi connectivity index (χ0v) is 11.3. The minimum absolute atomic E-state index is 0.128. The number of aromatic nitrogens is 2. The zero-order valence-electron chi connectivity index (χ0n) is 11.3. The highest BCUT2D eigenvalue weighted by atomic mass is 16.5. The Labute approximate surface area is 116 Å². The number of esters is 1. The molecular weight excluding hydrogens is 262 g/mol. The van der Waals surface area contributed by atoms with Crippen LogP contribution >= 0.6 is 0 Å². The molecule has 1 aromatic heterocycles. The first kappa shape index (κ1) is 14.2. The van der Waals surface area contributed by atoms with E-state index >= 15 is 0 Å². The lowest BCUT2D eigenvalue weighted by atomic mass is 9.95. The number of carboxylic acids is 1. The second kappa shape index (κ2) is 6.31. The van der Waals surface area contributed by atoms with Crippen LogP contribution in [0.25, 0.3) is 0 Å². The Morgan fingerprint density at radius 2 is 2.25 bits per heavy atom. The van der Waals surface area contributed by atoms with Gasteiger partial charge in [-0.3, -0.25) is 4.79 Å². The molecule has 0 saturated carbocycles. The molecule has 0 spiro atoms. The molecule has 0 amide bonds. The van der Waals surface area contributed by atoms with E-state index in [2.05, 4.69) is 14.9 Å². The lowest BCUT2D eigenvalue weighted by Gasteiger charge is -2.32. The third-order valence-corrected chi connectivity index (χ3v) is 3.35. The van der Waals surface area contributed by atoms with Crippen molar-refractivity contribution >= 4 is 17.8 Å². The fraction of sp³-hybridized carbons (Fsp3) is 0.538. The van der Waals surface area contributed by atoms with Crippen LogP contribution in [0.5, 0.6) is 0 Å². The monoisotopic (exact) mass is 279 g/mol. The molecule has 2 rings (SSSR count). The number of anilines is 1. The van der Waals surface area contributed by atoms with E-state index in [1.165, 1.54) is 7.11 Å². The van der Waals surface area contributed by atoms with Crippen LogP contribution in [0.4, 0.5) is 5.82 Å². The summed E-state index contributed by atoms with van der Waals surface area (Å²) < 4.78 is 4.56. The molecule has 0 aliphatic carbocycles. The van der Waals surface area contributed by atoms with Gasteiger partial charge in [-0.05, 0) is 30.9 Å². The Kier molecular flexibility index (Phi) is 4.49. The van der Waals surface area contributed by atoms with Crippen molar-refractivity contribution in [2.24, 2.45) is 5.92 Å². The van der Waals surface area contributed by atoms with Gasteiger partial charge in [0.15, 0.2) is 11.5 Å². The Balaban J connectivity index is 2.03. The molecule has 1 aliphatic heterocycles. The molecule has 20 heavy (non-hydrogen) atoms. The van der Waals surface area contributed by atoms with Crippen LogP contribution in [0.2, 0.25) is 0 Å². The Bertz CT molecular complexity index is 489. The second-order valence-corrected chi connectivity index (χ2v) is 4.82. The van der Waals surface area contributed by atoms with Gasteiger partial charge in [-0.25, -0.2) is 4.79 Å². The number of carbonyl (C=O) groups excluding carboxylic acids is 1. The van der Waals surface area contributed by atoms with E-state index in [0.29, 0.717) is 12.4 Å². The smallest absolute Gasteiger partial charge is 0.358 e. The Hall–Kier alpha value is -2.18. The lowest BCUT2D eigenvalue weighted by Crippen LogP contribution is -2.37. The van der Waals surface area contributed by atoms with Gasteiger partial charge in [0.25, 0.3) is 0 Å². The maximum Gasteiger partial charge on any atom is 0.358 e. The lowest BCUT2D eigenvalue weighted by molar-refractivity contribution is -0.138. The summed E-state index contributed by atoms with van der Waals surface area (Å²) in [5, 5.41) is 16.7. The standard InChI is InChI=1S/C13H17N3O4/c1-20-13(19)10-4-5-11(15-14-10)16-6-2-3-9(8-16)7-12(17)18/h4-5,9H,2-3,6-8H2,1H3,(H,17,18). The van der Waals surface area contributed by atoms with Crippen LogP contribution in [0.1, 0.15) is 29.8 Å². The van der Waals surface area contributed by atoms with Crippen LogP contribution < -0.4 is 4.90 Å². The van der Waals surface area contributed by atoms with Gasteiger partial charge < -0.3 is 14.7 Å². The molecule has 2 heterocycles. The van der Waals surface area contributed by atoms with Crippen LogP contribution in [0, 0.1) is 5.92 Å². The molecule has 1 unspecified atom stereocenters. The van der Waals surface area contributed by atoms with Gasteiger partial charge in [0.05, 0.1) is 7.11 Å². The number of hydrogen-bond acceptors (Lipinski definition) is 6. The summed E-state index contributed by atoms with van der Waals surface area (Å²) in [4.78, 5) is 24.0. The van der Waals surface area contributed by atoms with Crippen molar-refractivity contribution < 1.29 is 19.4 Å². The molecule has 1 fully saturated rings.